The summed E-state index contributed by atoms with van der Waals surface area (Å²) in [6.45, 7) is 11.8. The van der Waals surface area contributed by atoms with Crippen LogP contribution in [0.3, 0.4) is 0 Å². The predicted octanol–water partition coefficient (Wildman–Crippen LogP) is 5.11. The first-order valence-electron chi connectivity index (χ1n) is 12.8. The predicted molar refractivity (Wildman–Crippen MR) is 144 cm³/mol. The molecular weight excluding hydrogens is 530 g/mol. The Kier molecular flexibility index (Phi) is 7.41. The van der Waals surface area contributed by atoms with Gasteiger partial charge in [-0.15, -0.1) is 6.58 Å². The first-order valence-corrected chi connectivity index (χ1v) is 13.2. The number of aliphatic hydroxyl groups excluding tert-OH is 1. The van der Waals surface area contributed by atoms with E-state index in [-0.39, 0.29) is 47.8 Å². The number of nitrogens with zero attached hydrogens (tertiary/aromatic N) is 2. The van der Waals surface area contributed by atoms with Gasteiger partial charge in [-0.2, -0.15) is 4.98 Å². The molecule has 0 spiro atoms. The van der Waals surface area contributed by atoms with Gasteiger partial charge in [-0.05, 0) is 42.5 Å². The van der Waals surface area contributed by atoms with Gasteiger partial charge in [0.1, 0.15) is 23.6 Å². The molecule has 0 aliphatic carbocycles. The van der Waals surface area contributed by atoms with E-state index in [1.54, 1.807) is 12.1 Å². The number of anilines is 1. The molecule has 3 aromatic rings. The number of aromatic amines is 1. The Labute approximate surface area is 230 Å². The molecule has 39 heavy (non-hydrogen) atoms. The lowest BCUT2D eigenvalue weighted by Crippen LogP contribution is -2.56. The lowest BCUT2D eigenvalue weighted by molar-refractivity contribution is -0.0680. The van der Waals surface area contributed by atoms with Crippen LogP contribution in [-0.4, -0.2) is 56.7 Å². The average molecular weight is 561 g/mol. The van der Waals surface area contributed by atoms with Gasteiger partial charge in [-0.3, -0.25) is 0 Å². The van der Waals surface area contributed by atoms with Crippen molar-refractivity contribution < 1.29 is 28.1 Å². The van der Waals surface area contributed by atoms with Crippen LogP contribution < -0.4 is 10.1 Å². The Hall–Kier alpha value is -3.05. The number of pyridine rings is 1. The number of imidazole rings is 1. The van der Waals surface area contributed by atoms with Crippen LogP contribution in [0.2, 0.25) is 5.02 Å². The molecule has 2 aliphatic heterocycles. The standard InChI is InChI=1S/C28H31ClF2N4O4/c1-5-27-22(36)13-37-28(27,6-2)23(14-38-27)39-26-33-21-11-18(29)24(34-25(21)35-26)32-12-17-19(30)9-16(10-20(17)31)8-7-15(3)4/h5-6,9-11,15,22-23,36H,1-2,7-8,12-14H2,3-4H3,(H2,32,33,34,35)/t22-,23-,27-,28-/m1/s1. The molecule has 2 fully saturated rings. The van der Waals surface area contributed by atoms with Gasteiger partial charge in [-0.1, -0.05) is 44.2 Å². The summed E-state index contributed by atoms with van der Waals surface area (Å²) in [6.07, 6.45) is 2.90. The molecule has 208 valence electrons. The summed E-state index contributed by atoms with van der Waals surface area (Å²) in [7, 11) is 0. The molecule has 0 unspecified atom stereocenters. The van der Waals surface area contributed by atoms with Crippen LogP contribution >= 0.6 is 11.6 Å². The number of hydrogen-bond acceptors (Lipinski definition) is 7. The van der Waals surface area contributed by atoms with E-state index >= 15 is 0 Å². The molecule has 11 heteroatoms. The number of halogens is 3. The van der Waals surface area contributed by atoms with E-state index in [9.17, 15) is 13.9 Å². The lowest BCUT2D eigenvalue weighted by Gasteiger charge is -2.36. The first-order chi connectivity index (χ1) is 18.6. The zero-order valence-corrected chi connectivity index (χ0v) is 22.5. The minimum atomic E-state index is -1.19. The van der Waals surface area contributed by atoms with E-state index in [2.05, 4.69) is 47.3 Å². The Morgan fingerprint density at radius 3 is 2.54 bits per heavy atom. The second-order valence-electron chi connectivity index (χ2n) is 10.3. The number of aliphatic hydroxyl groups is 1. The van der Waals surface area contributed by atoms with Crippen molar-refractivity contribution in [3.63, 3.8) is 0 Å². The number of rotatable bonds is 10. The number of H-pyrrole nitrogens is 1. The van der Waals surface area contributed by atoms with Crippen molar-refractivity contribution in [1.82, 2.24) is 15.0 Å². The van der Waals surface area contributed by atoms with Crippen molar-refractivity contribution in [3.05, 3.63) is 71.3 Å². The van der Waals surface area contributed by atoms with Gasteiger partial charge in [0, 0.05) is 12.1 Å². The third kappa shape index (κ3) is 4.69. The highest BCUT2D eigenvalue weighted by Gasteiger charge is 2.69. The maximum Gasteiger partial charge on any atom is 0.296 e. The van der Waals surface area contributed by atoms with Crippen LogP contribution in [0.4, 0.5) is 14.6 Å². The molecule has 2 aliphatic rings. The molecule has 0 saturated carbocycles. The highest BCUT2D eigenvalue weighted by molar-refractivity contribution is 6.33. The average Bonchev–Trinajstić information content (AvgIpc) is 3.52. The normalized spacial score (nSPS) is 26.2. The van der Waals surface area contributed by atoms with E-state index in [0.717, 1.165) is 6.42 Å². The third-order valence-corrected chi connectivity index (χ3v) is 7.73. The molecule has 2 aromatic heterocycles. The van der Waals surface area contributed by atoms with Gasteiger partial charge >= 0.3 is 0 Å². The molecule has 1 aromatic carbocycles. The van der Waals surface area contributed by atoms with E-state index in [1.807, 2.05) is 0 Å². The van der Waals surface area contributed by atoms with Crippen molar-refractivity contribution in [2.45, 2.75) is 56.6 Å². The number of aromatic nitrogens is 3. The lowest BCUT2D eigenvalue weighted by atomic mass is 9.79. The zero-order valence-electron chi connectivity index (χ0n) is 21.8. The molecule has 4 atom stereocenters. The summed E-state index contributed by atoms with van der Waals surface area (Å²) in [5, 5.41) is 13.6. The third-order valence-electron chi connectivity index (χ3n) is 7.45. The molecule has 3 N–H and O–H groups in total. The summed E-state index contributed by atoms with van der Waals surface area (Å²) >= 11 is 6.40. The fourth-order valence-electron chi connectivity index (χ4n) is 5.24. The van der Waals surface area contributed by atoms with Crippen molar-refractivity contribution in [3.8, 4) is 6.01 Å². The molecule has 2 saturated heterocycles. The van der Waals surface area contributed by atoms with Crippen LogP contribution in [0.15, 0.2) is 43.5 Å². The van der Waals surface area contributed by atoms with Crippen LogP contribution in [-0.2, 0) is 22.4 Å². The van der Waals surface area contributed by atoms with Crippen molar-refractivity contribution in [2.24, 2.45) is 5.92 Å². The number of nitrogens with one attached hydrogen (secondary N) is 2. The summed E-state index contributed by atoms with van der Waals surface area (Å²) in [6, 6.07) is 4.45. The number of fused-ring (bicyclic) bond motifs is 2. The van der Waals surface area contributed by atoms with Gasteiger partial charge in [0.15, 0.2) is 23.0 Å². The van der Waals surface area contributed by atoms with Gasteiger partial charge in [0.2, 0.25) is 0 Å². The van der Waals surface area contributed by atoms with Crippen LogP contribution in [0.5, 0.6) is 6.01 Å². The maximum absolute atomic E-state index is 14.7. The van der Waals surface area contributed by atoms with Gasteiger partial charge in [0.05, 0.1) is 23.8 Å². The van der Waals surface area contributed by atoms with Crippen molar-refractivity contribution >= 4 is 28.6 Å². The smallest absolute Gasteiger partial charge is 0.296 e. The Morgan fingerprint density at radius 1 is 1.18 bits per heavy atom. The van der Waals surface area contributed by atoms with Gasteiger partial charge in [0.25, 0.3) is 6.01 Å². The second kappa shape index (κ2) is 10.5. The Bertz CT molecular complexity index is 1390. The van der Waals surface area contributed by atoms with Crippen LogP contribution in [0, 0.1) is 17.6 Å². The van der Waals surface area contributed by atoms with Crippen LogP contribution in [0.25, 0.3) is 11.2 Å². The van der Waals surface area contributed by atoms with Crippen LogP contribution in [0.1, 0.15) is 31.4 Å². The van der Waals surface area contributed by atoms with Crippen molar-refractivity contribution in [2.75, 3.05) is 18.5 Å². The minimum absolute atomic E-state index is 0.0338. The fraction of sp³-hybridized carbons (Fsp3) is 0.429. The Morgan fingerprint density at radius 2 is 1.87 bits per heavy atom. The highest BCUT2D eigenvalue weighted by Crippen LogP contribution is 2.49. The largest absolute Gasteiger partial charge is 0.455 e. The minimum Gasteiger partial charge on any atom is -0.455 e. The quantitative estimate of drug-likeness (QED) is 0.296. The maximum atomic E-state index is 14.7. The summed E-state index contributed by atoms with van der Waals surface area (Å²) in [4.78, 5) is 11.8. The molecule has 5 rings (SSSR count). The topological polar surface area (TPSA) is 102 Å². The zero-order chi connectivity index (χ0) is 27.9. The van der Waals surface area contributed by atoms with E-state index in [1.165, 1.54) is 18.2 Å². The molecule has 0 radical (unpaired) electrons. The first kappa shape index (κ1) is 27.5. The van der Waals surface area contributed by atoms with Gasteiger partial charge in [-0.25, -0.2) is 13.8 Å². The second-order valence-corrected chi connectivity index (χ2v) is 10.7. The Balaban J connectivity index is 1.33. The molecule has 4 heterocycles. The fourth-order valence-corrected chi connectivity index (χ4v) is 5.46. The monoisotopic (exact) mass is 560 g/mol. The number of aryl methyl sites for hydroxylation is 1. The molecular formula is C28H31ClF2N4O4. The highest BCUT2D eigenvalue weighted by atomic mass is 35.5. The summed E-state index contributed by atoms with van der Waals surface area (Å²) < 4.78 is 47.3. The van der Waals surface area contributed by atoms with Crippen molar-refractivity contribution in [1.29, 1.82) is 0 Å². The molecule has 0 bridgehead atoms. The molecule has 0 amide bonds. The number of hydrogen-bond donors (Lipinski definition) is 3. The number of ether oxygens (including phenoxy) is 3. The molecule has 8 nitrogen and oxygen atoms in total. The van der Waals surface area contributed by atoms with E-state index in [0.29, 0.717) is 23.4 Å². The number of benzene rings is 1. The summed E-state index contributed by atoms with van der Waals surface area (Å²) in [5.74, 6) is -0.602. The van der Waals surface area contributed by atoms with E-state index < -0.39 is 35.0 Å². The summed E-state index contributed by atoms with van der Waals surface area (Å²) in [5.41, 5.74) is -1.08. The van der Waals surface area contributed by atoms with E-state index in [4.69, 9.17) is 25.8 Å². The van der Waals surface area contributed by atoms with Gasteiger partial charge < -0.3 is 29.6 Å². The SMILES string of the molecule is C=C[C@]12OC[C@@H](Oc3nc4nc(NCc5c(F)cc(CCC(C)C)cc5F)c(Cl)cc4[nH]3)[C@@]1(C=C)OC[C@H]2O.